The van der Waals surface area contributed by atoms with Gasteiger partial charge in [-0.05, 0) is 20.3 Å². The van der Waals surface area contributed by atoms with Gasteiger partial charge in [-0.25, -0.2) is 0 Å². The maximum absolute atomic E-state index is 9.13. The zero-order valence-corrected chi connectivity index (χ0v) is 9.20. The van der Waals surface area contributed by atoms with Crippen LogP contribution in [0.3, 0.4) is 0 Å². The fourth-order valence-corrected chi connectivity index (χ4v) is 1.55. The van der Waals surface area contributed by atoms with Crippen LogP contribution in [0.2, 0.25) is 0 Å². The number of rotatable bonds is 4. The normalized spacial score (nSPS) is 22.4. The van der Waals surface area contributed by atoms with Crippen LogP contribution < -0.4 is 0 Å². The average molecular weight is 199 g/mol. The SMILES string of the molecule is C/C(=C\C[C@@H](C)O)CN1CCOCC1. The topological polar surface area (TPSA) is 32.7 Å². The number of morpholine rings is 1. The lowest BCUT2D eigenvalue weighted by Crippen LogP contribution is -2.37. The number of aliphatic hydroxyl groups is 1. The monoisotopic (exact) mass is 199 g/mol. The molecule has 0 aromatic rings. The molecule has 0 bridgehead atoms. The number of hydrogen-bond donors (Lipinski definition) is 1. The predicted molar refractivity (Wildman–Crippen MR) is 57.3 cm³/mol. The standard InChI is InChI=1S/C11H21NO2/c1-10(3-4-11(2)13)9-12-5-7-14-8-6-12/h3,11,13H,4-9H2,1-2H3/b10-3+/t11-/m1/s1. The van der Waals surface area contributed by atoms with Crippen molar-refractivity contribution in [3.8, 4) is 0 Å². The van der Waals surface area contributed by atoms with Crippen molar-refractivity contribution < 1.29 is 9.84 Å². The molecule has 1 rings (SSSR count). The molecule has 82 valence electrons. The first-order valence-electron chi connectivity index (χ1n) is 5.32. The lowest BCUT2D eigenvalue weighted by molar-refractivity contribution is 0.0422. The van der Waals surface area contributed by atoms with Crippen LogP contribution >= 0.6 is 0 Å². The van der Waals surface area contributed by atoms with Crippen LogP contribution in [0.15, 0.2) is 11.6 Å². The third-order valence-electron chi connectivity index (χ3n) is 2.38. The molecule has 3 nitrogen and oxygen atoms in total. The average Bonchev–Trinajstić information content (AvgIpc) is 2.16. The highest BCUT2D eigenvalue weighted by atomic mass is 16.5. The van der Waals surface area contributed by atoms with Crippen LogP contribution in [-0.2, 0) is 4.74 Å². The second-order valence-electron chi connectivity index (χ2n) is 4.02. The summed E-state index contributed by atoms with van der Waals surface area (Å²) >= 11 is 0. The highest BCUT2D eigenvalue weighted by molar-refractivity contribution is 5.01. The third-order valence-corrected chi connectivity index (χ3v) is 2.38. The van der Waals surface area contributed by atoms with Gasteiger partial charge in [0, 0.05) is 19.6 Å². The highest BCUT2D eigenvalue weighted by Gasteiger charge is 2.09. The van der Waals surface area contributed by atoms with Crippen molar-refractivity contribution in [3.63, 3.8) is 0 Å². The van der Waals surface area contributed by atoms with Gasteiger partial charge in [0.25, 0.3) is 0 Å². The van der Waals surface area contributed by atoms with Gasteiger partial charge in [-0.1, -0.05) is 11.6 Å². The van der Waals surface area contributed by atoms with E-state index in [0.29, 0.717) is 0 Å². The van der Waals surface area contributed by atoms with E-state index in [2.05, 4.69) is 17.9 Å². The van der Waals surface area contributed by atoms with Gasteiger partial charge in [0.2, 0.25) is 0 Å². The molecular weight excluding hydrogens is 178 g/mol. The van der Waals surface area contributed by atoms with E-state index in [4.69, 9.17) is 9.84 Å². The van der Waals surface area contributed by atoms with Crippen molar-refractivity contribution in [2.24, 2.45) is 0 Å². The van der Waals surface area contributed by atoms with Crippen molar-refractivity contribution >= 4 is 0 Å². The van der Waals surface area contributed by atoms with Crippen LogP contribution in [0.1, 0.15) is 20.3 Å². The molecule has 0 aromatic heterocycles. The molecule has 1 aliphatic rings. The molecule has 14 heavy (non-hydrogen) atoms. The maximum atomic E-state index is 9.13. The Morgan fingerprint density at radius 2 is 2.14 bits per heavy atom. The van der Waals surface area contributed by atoms with Crippen molar-refractivity contribution in [2.75, 3.05) is 32.8 Å². The summed E-state index contributed by atoms with van der Waals surface area (Å²) in [6.07, 6.45) is 2.66. The van der Waals surface area contributed by atoms with E-state index in [9.17, 15) is 0 Å². The second kappa shape index (κ2) is 6.17. The van der Waals surface area contributed by atoms with E-state index in [1.54, 1.807) is 0 Å². The summed E-state index contributed by atoms with van der Waals surface area (Å²) in [6.45, 7) is 8.71. The summed E-state index contributed by atoms with van der Waals surface area (Å²) < 4.78 is 5.28. The Morgan fingerprint density at radius 1 is 1.50 bits per heavy atom. The van der Waals surface area contributed by atoms with Gasteiger partial charge in [0.05, 0.1) is 19.3 Å². The minimum absolute atomic E-state index is 0.227. The number of nitrogens with zero attached hydrogens (tertiary/aromatic N) is 1. The number of hydrogen-bond acceptors (Lipinski definition) is 3. The molecule has 0 spiro atoms. The van der Waals surface area contributed by atoms with Crippen LogP contribution in [-0.4, -0.2) is 49.0 Å². The van der Waals surface area contributed by atoms with E-state index in [1.165, 1.54) is 5.57 Å². The van der Waals surface area contributed by atoms with Crippen molar-refractivity contribution in [3.05, 3.63) is 11.6 Å². The van der Waals surface area contributed by atoms with E-state index < -0.39 is 0 Å². The molecule has 0 radical (unpaired) electrons. The maximum Gasteiger partial charge on any atom is 0.0594 e. The van der Waals surface area contributed by atoms with Crippen molar-refractivity contribution in [1.29, 1.82) is 0 Å². The molecule has 1 atom stereocenters. The van der Waals surface area contributed by atoms with Crippen molar-refractivity contribution in [2.45, 2.75) is 26.4 Å². The summed E-state index contributed by atoms with van der Waals surface area (Å²) in [5.74, 6) is 0. The van der Waals surface area contributed by atoms with Gasteiger partial charge in [0.1, 0.15) is 0 Å². The molecule has 0 amide bonds. The van der Waals surface area contributed by atoms with Crippen molar-refractivity contribution in [1.82, 2.24) is 4.90 Å². The number of aliphatic hydroxyl groups excluding tert-OH is 1. The Balaban J connectivity index is 2.24. The van der Waals surface area contributed by atoms with E-state index in [1.807, 2.05) is 6.92 Å². The predicted octanol–water partition coefficient (Wildman–Crippen LogP) is 1.04. The van der Waals surface area contributed by atoms with E-state index in [0.717, 1.165) is 39.3 Å². The molecular formula is C11H21NO2. The van der Waals surface area contributed by atoms with E-state index in [-0.39, 0.29) is 6.10 Å². The first-order valence-corrected chi connectivity index (χ1v) is 5.32. The summed E-state index contributed by atoms with van der Waals surface area (Å²) in [5.41, 5.74) is 1.34. The fraction of sp³-hybridized carbons (Fsp3) is 0.818. The fourth-order valence-electron chi connectivity index (χ4n) is 1.55. The van der Waals surface area contributed by atoms with Gasteiger partial charge in [-0.3, -0.25) is 4.90 Å². The largest absolute Gasteiger partial charge is 0.393 e. The van der Waals surface area contributed by atoms with Crippen LogP contribution in [0, 0.1) is 0 Å². The lowest BCUT2D eigenvalue weighted by Gasteiger charge is -2.26. The Morgan fingerprint density at radius 3 is 2.71 bits per heavy atom. The summed E-state index contributed by atoms with van der Waals surface area (Å²) in [4.78, 5) is 2.39. The molecule has 1 aliphatic heterocycles. The van der Waals surface area contributed by atoms with E-state index >= 15 is 0 Å². The van der Waals surface area contributed by atoms with Crippen LogP contribution in [0.5, 0.6) is 0 Å². The van der Waals surface area contributed by atoms with Gasteiger partial charge < -0.3 is 9.84 Å². The Kier molecular flexibility index (Phi) is 5.15. The van der Waals surface area contributed by atoms with Gasteiger partial charge in [-0.15, -0.1) is 0 Å². The van der Waals surface area contributed by atoms with Gasteiger partial charge in [-0.2, -0.15) is 0 Å². The zero-order valence-electron chi connectivity index (χ0n) is 9.20. The van der Waals surface area contributed by atoms with Gasteiger partial charge >= 0.3 is 0 Å². The quantitative estimate of drug-likeness (QED) is 0.687. The molecule has 0 unspecified atom stereocenters. The Labute approximate surface area is 86.4 Å². The first-order chi connectivity index (χ1) is 6.68. The Hall–Kier alpha value is -0.380. The second-order valence-corrected chi connectivity index (χ2v) is 4.02. The molecule has 0 aliphatic carbocycles. The molecule has 3 heteroatoms. The summed E-state index contributed by atoms with van der Waals surface area (Å²) in [5, 5.41) is 9.13. The van der Waals surface area contributed by atoms with Crippen LogP contribution in [0.25, 0.3) is 0 Å². The minimum atomic E-state index is -0.227. The first kappa shape index (κ1) is 11.7. The molecule has 0 saturated carbocycles. The molecule has 1 saturated heterocycles. The molecule has 1 heterocycles. The smallest absolute Gasteiger partial charge is 0.0594 e. The zero-order chi connectivity index (χ0) is 10.4. The molecule has 1 N–H and O–H groups in total. The molecule has 0 aromatic carbocycles. The van der Waals surface area contributed by atoms with Gasteiger partial charge in [0.15, 0.2) is 0 Å². The summed E-state index contributed by atoms with van der Waals surface area (Å²) in [7, 11) is 0. The highest BCUT2D eigenvalue weighted by Crippen LogP contribution is 2.04. The number of ether oxygens (including phenoxy) is 1. The summed E-state index contributed by atoms with van der Waals surface area (Å²) in [6, 6.07) is 0. The van der Waals surface area contributed by atoms with Crippen LogP contribution in [0.4, 0.5) is 0 Å². The lowest BCUT2D eigenvalue weighted by atomic mass is 10.2. The third kappa shape index (κ3) is 4.74. The minimum Gasteiger partial charge on any atom is -0.393 e. The Bertz CT molecular complexity index is 184. The molecule has 1 fully saturated rings.